The van der Waals surface area contributed by atoms with Gasteiger partial charge in [0.05, 0.1) is 18.2 Å². The molecule has 2 rings (SSSR count). The van der Waals surface area contributed by atoms with Gasteiger partial charge in [-0.25, -0.2) is 4.39 Å². The molecule has 0 aliphatic carbocycles. The second-order valence-corrected chi connectivity index (χ2v) is 3.77. The lowest BCUT2D eigenvalue weighted by Gasteiger charge is -2.08. The van der Waals surface area contributed by atoms with Crippen LogP contribution in [0.25, 0.3) is 0 Å². The molecule has 7 nitrogen and oxygen atoms in total. The fraction of sp³-hybridized carbons (Fsp3) is 0.231. The molecule has 0 aliphatic rings. The molecule has 21 heavy (non-hydrogen) atoms. The van der Waals surface area contributed by atoms with Crippen molar-refractivity contribution in [1.29, 1.82) is 5.26 Å². The summed E-state index contributed by atoms with van der Waals surface area (Å²) in [4.78, 5) is 11.8. The van der Waals surface area contributed by atoms with Crippen molar-refractivity contribution in [2.24, 2.45) is 0 Å². The minimum absolute atomic E-state index is 0.0703. The first-order valence-electron chi connectivity index (χ1n) is 6.10. The third kappa shape index (κ3) is 3.54. The van der Waals surface area contributed by atoms with Crippen molar-refractivity contribution in [3.05, 3.63) is 29.6 Å². The lowest BCUT2D eigenvalue weighted by atomic mass is 10.2. The average molecular weight is 289 g/mol. The van der Waals surface area contributed by atoms with Gasteiger partial charge in [-0.1, -0.05) is 0 Å². The van der Waals surface area contributed by atoms with E-state index in [1.54, 1.807) is 14.0 Å². The third-order valence-corrected chi connectivity index (χ3v) is 2.35. The summed E-state index contributed by atoms with van der Waals surface area (Å²) in [5, 5.41) is 11.4. The molecule has 2 aromatic rings. The molecule has 0 saturated heterocycles. The van der Waals surface area contributed by atoms with Crippen LogP contribution in [0.2, 0.25) is 0 Å². The Bertz CT molecular complexity index is 687. The number of benzene rings is 1. The van der Waals surface area contributed by atoms with E-state index in [4.69, 9.17) is 14.7 Å². The Hall–Kier alpha value is -2.95. The Balaban J connectivity index is 2.30. The zero-order chi connectivity index (χ0) is 15.2. The molecular weight excluding hydrogens is 277 g/mol. The second kappa shape index (κ2) is 6.47. The van der Waals surface area contributed by atoms with Gasteiger partial charge < -0.3 is 14.8 Å². The number of nitrogens with one attached hydrogen (secondary N) is 1. The summed E-state index contributed by atoms with van der Waals surface area (Å²) in [7, 11) is 1.62. The van der Waals surface area contributed by atoms with E-state index in [2.05, 4.69) is 20.3 Å². The molecule has 0 amide bonds. The molecule has 0 unspecified atom stereocenters. The number of nitrogens with zero attached hydrogens (tertiary/aromatic N) is 4. The van der Waals surface area contributed by atoms with Gasteiger partial charge in [0.1, 0.15) is 0 Å². The maximum absolute atomic E-state index is 13.8. The molecule has 0 saturated carbocycles. The molecule has 0 bridgehead atoms. The highest BCUT2D eigenvalue weighted by Gasteiger charge is 2.11. The van der Waals surface area contributed by atoms with Gasteiger partial charge >= 0.3 is 12.0 Å². The zero-order valence-corrected chi connectivity index (χ0v) is 11.4. The van der Waals surface area contributed by atoms with Crippen LogP contribution < -0.4 is 14.8 Å². The largest absolute Gasteiger partial charge is 0.464 e. The van der Waals surface area contributed by atoms with Crippen LogP contribution in [-0.4, -0.2) is 28.6 Å². The summed E-state index contributed by atoms with van der Waals surface area (Å²) >= 11 is 0. The normalized spacial score (nSPS) is 9.81. The first-order valence-corrected chi connectivity index (χ1v) is 6.10. The van der Waals surface area contributed by atoms with Gasteiger partial charge in [0, 0.05) is 7.05 Å². The summed E-state index contributed by atoms with van der Waals surface area (Å²) in [6.07, 6.45) is 0. The monoisotopic (exact) mass is 289 g/mol. The van der Waals surface area contributed by atoms with E-state index < -0.39 is 5.82 Å². The molecule has 1 aromatic carbocycles. The van der Waals surface area contributed by atoms with Crippen LogP contribution in [0, 0.1) is 17.1 Å². The number of nitriles is 1. The van der Waals surface area contributed by atoms with Gasteiger partial charge in [-0.05, 0) is 25.1 Å². The molecule has 0 radical (unpaired) electrons. The first-order chi connectivity index (χ1) is 10.2. The Kier molecular flexibility index (Phi) is 4.46. The predicted molar refractivity (Wildman–Crippen MR) is 71.7 cm³/mol. The highest BCUT2D eigenvalue weighted by molar-refractivity contribution is 5.37. The van der Waals surface area contributed by atoms with Crippen LogP contribution in [0.3, 0.4) is 0 Å². The fourth-order valence-electron chi connectivity index (χ4n) is 1.44. The molecular formula is C13H12FN5O2. The predicted octanol–water partition coefficient (Wildman–Crippen LogP) is 2.12. The molecule has 1 aromatic heterocycles. The number of rotatable bonds is 5. The minimum Gasteiger partial charge on any atom is -0.464 e. The van der Waals surface area contributed by atoms with Crippen LogP contribution in [-0.2, 0) is 0 Å². The number of hydrogen-bond acceptors (Lipinski definition) is 7. The molecule has 0 fully saturated rings. The standard InChI is InChI=1S/C13H12FN5O2/c1-3-20-12-17-11(16-2)18-13(19-12)21-10-5-4-8(7-15)6-9(10)14/h4-6H,3H2,1-2H3,(H,16,17,18,19). The summed E-state index contributed by atoms with van der Waals surface area (Å²) < 4.78 is 24.2. The summed E-state index contributed by atoms with van der Waals surface area (Å²) in [5.74, 6) is -0.541. The minimum atomic E-state index is -0.682. The number of aromatic nitrogens is 3. The topological polar surface area (TPSA) is 93.0 Å². The summed E-state index contributed by atoms with van der Waals surface area (Å²) in [6, 6.07) is 5.63. The molecule has 0 spiro atoms. The van der Waals surface area contributed by atoms with Gasteiger partial charge in [0.25, 0.3) is 0 Å². The average Bonchev–Trinajstić information content (AvgIpc) is 2.49. The van der Waals surface area contributed by atoms with E-state index in [-0.39, 0.29) is 29.3 Å². The quantitative estimate of drug-likeness (QED) is 0.901. The summed E-state index contributed by atoms with van der Waals surface area (Å²) in [5.41, 5.74) is 0.196. The Morgan fingerprint density at radius 2 is 2.05 bits per heavy atom. The van der Waals surface area contributed by atoms with Gasteiger partial charge in [-0.3, -0.25) is 0 Å². The first kappa shape index (κ1) is 14.5. The molecule has 0 aliphatic heterocycles. The fourth-order valence-corrected chi connectivity index (χ4v) is 1.44. The Labute approximate surface area is 120 Å². The maximum atomic E-state index is 13.8. The summed E-state index contributed by atoms with van der Waals surface area (Å²) in [6.45, 7) is 2.15. The van der Waals surface area contributed by atoms with E-state index in [0.29, 0.717) is 6.61 Å². The molecule has 1 heterocycles. The van der Waals surface area contributed by atoms with Crippen LogP contribution >= 0.6 is 0 Å². The van der Waals surface area contributed by atoms with E-state index in [0.717, 1.165) is 6.07 Å². The zero-order valence-electron chi connectivity index (χ0n) is 11.4. The van der Waals surface area contributed by atoms with Crippen LogP contribution in [0.4, 0.5) is 10.3 Å². The molecule has 108 valence electrons. The van der Waals surface area contributed by atoms with Gasteiger partial charge in [0.15, 0.2) is 11.6 Å². The van der Waals surface area contributed by atoms with Gasteiger partial charge in [-0.15, -0.1) is 4.98 Å². The van der Waals surface area contributed by atoms with Crippen molar-refractivity contribution in [3.63, 3.8) is 0 Å². The van der Waals surface area contributed by atoms with Gasteiger partial charge in [-0.2, -0.15) is 15.2 Å². The highest BCUT2D eigenvalue weighted by Crippen LogP contribution is 2.24. The highest BCUT2D eigenvalue weighted by atomic mass is 19.1. The number of halogens is 1. The Morgan fingerprint density at radius 1 is 1.29 bits per heavy atom. The van der Waals surface area contributed by atoms with Gasteiger partial charge in [0.2, 0.25) is 5.95 Å². The molecule has 8 heteroatoms. The van der Waals surface area contributed by atoms with Crippen molar-refractivity contribution >= 4 is 5.95 Å². The number of hydrogen-bond donors (Lipinski definition) is 1. The SMILES string of the molecule is CCOc1nc(NC)nc(Oc2ccc(C#N)cc2F)n1. The van der Waals surface area contributed by atoms with E-state index in [1.807, 2.05) is 6.07 Å². The Morgan fingerprint density at radius 3 is 2.67 bits per heavy atom. The van der Waals surface area contributed by atoms with Crippen molar-refractivity contribution in [2.75, 3.05) is 19.0 Å². The van der Waals surface area contributed by atoms with E-state index >= 15 is 0 Å². The van der Waals surface area contributed by atoms with Crippen molar-refractivity contribution in [3.8, 4) is 23.8 Å². The van der Waals surface area contributed by atoms with Crippen LogP contribution in [0.5, 0.6) is 17.8 Å². The second-order valence-electron chi connectivity index (χ2n) is 3.77. The van der Waals surface area contributed by atoms with Crippen LogP contribution in [0.15, 0.2) is 18.2 Å². The van der Waals surface area contributed by atoms with E-state index in [1.165, 1.54) is 12.1 Å². The van der Waals surface area contributed by atoms with Crippen molar-refractivity contribution in [2.45, 2.75) is 6.92 Å². The lowest BCUT2D eigenvalue weighted by molar-refractivity contribution is 0.302. The lowest BCUT2D eigenvalue weighted by Crippen LogP contribution is -2.05. The van der Waals surface area contributed by atoms with E-state index in [9.17, 15) is 4.39 Å². The van der Waals surface area contributed by atoms with Crippen LogP contribution in [0.1, 0.15) is 12.5 Å². The number of ether oxygens (including phenoxy) is 2. The maximum Gasteiger partial charge on any atom is 0.330 e. The smallest absolute Gasteiger partial charge is 0.330 e. The molecule has 1 N–H and O–H groups in total. The van der Waals surface area contributed by atoms with Crippen molar-refractivity contribution < 1.29 is 13.9 Å². The number of anilines is 1. The van der Waals surface area contributed by atoms with Crippen molar-refractivity contribution in [1.82, 2.24) is 15.0 Å². The third-order valence-electron chi connectivity index (χ3n) is 2.35. The molecule has 0 atom stereocenters.